The minimum Gasteiger partial charge on any atom is -0.492 e. The van der Waals surface area contributed by atoms with Crippen LogP contribution in [-0.2, 0) is 7.05 Å². The molecule has 2 N–H and O–H groups in total. The number of nitrogen functional groups attached to an aromatic ring is 1. The lowest BCUT2D eigenvalue weighted by molar-refractivity contribution is 0.200. The molecule has 1 fully saturated rings. The van der Waals surface area contributed by atoms with Gasteiger partial charge in [-0.25, -0.2) is 4.68 Å². The molecule has 2 aromatic rings. The Labute approximate surface area is 144 Å². The highest BCUT2D eigenvalue weighted by atomic mass is 79.9. The van der Waals surface area contributed by atoms with Gasteiger partial charge < -0.3 is 15.4 Å². The van der Waals surface area contributed by atoms with Crippen LogP contribution in [0.4, 0.5) is 11.9 Å². The molecule has 0 atom stereocenters. The summed E-state index contributed by atoms with van der Waals surface area (Å²) in [5.41, 5.74) is 5.64. The van der Waals surface area contributed by atoms with Gasteiger partial charge in [-0.15, -0.1) is 5.10 Å². The van der Waals surface area contributed by atoms with Crippen molar-refractivity contribution in [1.82, 2.24) is 19.7 Å². The van der Waals surface area contributed by atoms with Crippen molar-refractivity contribution in [3.8, 4) is 5.75 Å². The van der Waals surface area contributed by atoms with E-state index in [1.54, 1.807) is 4.68 Å². The summed E-state index contributed by atoms with van der Waals surface area (Å²) in [4.78, 5) is 8.89. The summed E-state index contributed by atoms with van der Waals surface area (Å²) >= 11 is 3.42. The summed E-state index contributed by atoms with van der Waals surface area (Å²) in [5, 5.41) is 4.10. The summed E-state index contributed by atoms with van der Waals surface area (Å²) in [6.45, 7) is 5.42. The molecule has 124 valence electrons. The molecular weight excluding hydrogens is 360 g/mol. The molecule has 1 aromatic heterocycles. The molecule has 1 aliphatic heterocycles. The molecule has 0 radical (unpaired) electrons. The lowest BCUT2D eigenvalue weighted by Crippen LogP contribution is -2.48. The minimum atomic E-state index is 0.327. The van der Waals surface area contributed by atoms with E-state index in [0.29, 0.717) is 12.6 Å². The SMILES string of the molecule is Cn1nc(N)nc1N1CCN(CCOc2ccc(Br)cc2)CC1. The Kier molecular flexibility index (Phi) is 5.02. The number of piperazine rings is 1. The maximum Gasteiger partial charge on any atom is 0.241 e. The standard InChI is InChI=1S/C15H21BrN6O/c1-20-15(18-14(17)19-20)22-8-6-21(7-9-22)10-11-23-13-4-2-12(16)3-5-13/h2-5H,6-11H2,1H3,(H2,17,19). The number of rotatable bonds is 5. The summed E-state index contributed by atoms with van der Waals surface area (Å²) in [5.74, 6) is 2.07. The molecule has 0 bridgehead atoms. The Morgan fingerprint density at radius 2 is 1.87 bits per heavy atom. The van der Waals surface area contributed by atoms with Crippen LogP contribution in [0, 0.1) is 0 Å². The van der Waals surface area contributed by atoms with Gasteiger partial charge in [0.25, 0.3) is 0 Å². The second-order valence-corrected chi connectivity index (χ2v) is 6.44. The average Bonchev–Trinajstić information content (AvgIpc) is 2.89. The molecule has 1 aromatic carbocycles. The van der Waals surface area contributed by atoms with E-state index in [-0.39, 0.29) is 0 Å². The third-order valence-electron chi connectivity index (χ3n) is 3.90. The number of anilines is 2. The molecule has 8 heteroatoms. The van der Waals surface area contributed by atoms with Crippen LogP contribution in [0.25, 0.3) is 0 Å². The molecule has 2 heterocycles. The lowest BCUT2D eigenvalue weighted by atomic mass is 10.3. The van der Waals surface area contributed by atoms with Crippen molar-refractivity contribution in [3.05, 3.63) is 28.7 Å². The summed E-state index contributed by atoms with van der Waals surface area (Å²) in [6, 6.07) is 7.92. The molecule has 0 unspecified atom stereocenters. The molecular formula is C15H21BrN6O. The van der Waals surface area contributed by atoms with Gasteiger partial charge in [0.1, 0.15) is 12.4 Å². The summed E-state index contributed by atoms with van der Waals surface area (Å²) < 4.78 is 8.58. The monoisotopic (exact) mass is 380 g/mol. The van der Waals surface area contributed by atoms with E-state index in [1.165, 1.54) is 0 Å². The topological polar surface area (TPSA) is 72.4 Å². The van der Waals surface area contributed by atoms with Crippen molar-refractivity contribution < 1.29 is 4.74 Å². The van der Waals surface area contributed by atoms with Gasteiger partial charge in [-0.3, -0.25) is 4.90 Å². The first kappa shape index (κ1) is 16.1. The van der Waals surface area contributed by atoms with Crippen molar-refractivity contribution in [2.24, 2.45) is 7.05 Å². The third-order valence-corrected chi connectivity index (χ3v) is 4.43. The first-order valence-electron chi connectivity index (χ1n) is 7.64. The van der Waals surface area contributed by atoms with E-state index in [4.69, 9.17) is 10.5 Å². The first-order chi connectivity index (χ1) is 11.1. The molecule has 0 spiro atoms. The molecule has 0 aliphatic carbocycles. The predicted octanol–water partition coefficient (Wildman–Crippen LogP) is 1.36. The van der Waals surface area contributed by atoms with Crippen molar-refractivity contribution in [2.75, 3.05) is 50.0 Å². The summed E-state index contributed by atoms with van der Waals surface area (Å²) in [6.07, 6.45) is 0. The molecule has 3 rings (SSSR count). The van der Waals surface area contributed by atoms with Gasteiger partial charge in [-0.2, -0.15) is 4.98 Å². The number of ether oxygens (including phenoxy) is 1. The Hall–Kier alpha value is -1.80. The van der Waals surface area contributed by atoms with E-state index in [1.807, 2.05) is 31.3 Å². The molecule has 1 saturated heterocycles. The summed E-state index contributed by atoms with van der Waals surface area (Å²) in [7, 11) is 1.87. The van der Waals surface area contributed by atoms with Gasteiger partial charge in [-0.05, 0) is 24.3 Å². The Balaban J connectivity index is 1.42. The number of nitrogens with two attached hydrogens (primary N) is 1. The van der Waals surface area contributed by atoms with Crippen LogP contribution in [0.1, 0.15) is 0 Å². The fourth-order valence-electron chi connectivity index (χ4n) is 2.67. The van der Waals surface area contributed by atoms with Gasteiger partial charge >= 0.3 is 0 Å². The fraction of sp³-hybridized carbons (Fsp3) is 0.467. The first-order valence-corrected chi connectivity index (χ1v) is 8.43. The van der Waals surface area contributed by atoms with Crippen molar-refractivity contribution in [3.63, 3.8) is 0 Å². The maximum atomic E-state index is 5.78. The Morgan fingerprint density at radius 3 is 2.48 bits per heavy atom. The highest BCUT2D eigenvalue weighted by Gasteiger charge is 2.20. The number of hydrogen-bond acceptors (Lipinski definition) is 6. The van der Waals surface area contributed by atoms with E-state index in [2.05, 4.69) is 35.8 Å². The molecule has 1 aliphatic rings. The average molecular weight is 381 g/mol. The van der Waals surface area contributed by atoms with E-state index >= 15 is 0 Å². The van der Waals surface area contributed by atoms with Crippen LogP contribution in [0.2, 0.25) is 0 Å². The zero-order chi connectivity index (χ0) is 16.2. The van der Waals surface area contributed by atoms with Crippen LogP contribution in [0.5, 0.6) is 5.75 Å². The largest absolute Gasteiger partial charge is 0.492 e. The number of hydrogen-bond donors (Lipinski definition) is 1. The van der Waals surface area contributed by atoms with Gasteiger partial charge in [-0.1, -0.05) is 15.9 Å². The Bertz CT molecular complexity index is 636. The van der Waals surface area contributed by atoms with Crippen LogP contribution >= 0.6 is 15.9 Å². The molecule has 0 saturated carbocycles. The van der Waals surface area contributed by atoms with Crippen molar-refractivity contribution >= 4 is 27.8 Å². The van der Waals surface area contributed by atoms with Crippen molar-refractivity contribution in [2.45, 2.75) is 0 Å². The van der Waals surface area contributed by atoms with Crippen LogP contribution in [-0.4, -0.2) is 59.0 Å². The zero-order valence-electron chi connectivity index (χ0n) is 13.2. The zero-order valence-corrected chi connectivity index (χ0v) is 14.7. The quantitative estimate of drug-likeness (QED) is 0.844. The number of benzene rings is 1. The number of nitrogens with zero attached hydrogens (tertiary/aromatic N) is 5. The normalized spacial score (nSPS) is 15.8. The molecule has 7 nitrogen and oxygen atoms in total. The third kappa shape index (κ3) is 4.14. The van der Waals surface area contributed by atoms with Gasteiger partial charge in [0.05, 0.1) is 0 Å². The minimum absolute atomic E-state index is 0.327. The van der Waals surface area contributed by atoms with Gasteiger partial charge in [0, 0.05) is 44.2 Å². The lowest BCUT2D eigenvalue weighted by Gasteiger charge is -2.34. The van der Waals surface area contributed by atoms with Crippen LogP contribution < -0.4 is 15.4 Å². The van der Waals surface area contributed by atoms with Crippen LogP contribution in [0.3, 0.4) is 0 Å². The van der Waals surface area contributed by atoms with Crippen molar-refractivity contribution in [1.29, 1.82) is 0 Å². The van der Waals surface area contributed by atoms with E-state index in [0.717, 1.165) is 48.9 Å². The highest BCUT2D eigenvalue weighted by molar-refractivity contribution is 9.10. The number of aryl methyl sites for hydroxylation is 1. The second-order valence-electron chi connectivity index (χ2n) is 5.52. The second kappa shape index (κ2) is 7.18. The highest BCUT2D eigenvalue weighted by Crippen LogP contribution is 2.17. The molecule has 0 amide bonds. The number of aromatic nitrogens is 3. The van der Waals surface area contributed by atoms with Gasteiger partial charge in [0.15, 0.2) is 0 Å². The Morgan fingerprint density at radius 1 is 1.17 bits per heavy atom. The number of halogens is 1. The van der Waals surface area contributed by atoms with Crippen LogP contribution in [0.15, 0.2) is 28.7 Å². The van der Waals surface area contributed by atoms with E-state index < -0.39 is 0 Å². The van der Waals surface area contributed by atoms with E-state index in [9.17, 15) is 0 Å². The smallest absolute Gasteiger partial charge is 0.241 e. The molecule has 23 heavy (non-hydrogen) atoms. The predicted molar refractivity (Wildman–Crippen MR) is 93.7 cm³/mol. The fourth-order valence-corrected chi connectivity index (χ4v) is 2.93. The maximum absolute atomic E-state index is 5.78. The van der Waals surface area contributed by atoms with Gasteiger partial charge in [0.2, 0.25) is 11.9 Å².